The second-order valence-corrected chi connectivity index (χ2v) is 3.56. The van der Waals surface area contributed by atoms with E-state index in [-0.39, 0.29) is 17.5 Å². The van der Waals surface area contributed by atoms with Crippen molar-refractivity contribution >= 4 is 11.6 Å². The number of rotatable bonds is 2. The largest absolute Gasteiger partial charge is 0.355 e. The summed E-state index contributed by atoms with van der Waals surface area (Å²) in [5.74, 6) is 0.0731. The quantitative estimate of drug-likeness (QED) is 0.583. The zero-order valence-corrected chi connectivity index (χ0v) is 7.97. The Bertz CT molecular complexity index is 417. The van der Waals surface area contributed by atoms with E-state index in [1.165, 1.54) is 12.1 Å². The molecule has 0 spiro atoms. The molecule has 1 atom stereocenters. The molecule has 1 saturated heterocycles. The van der Waals surface area contributed by atoms with Gasteiger partial charge in [0, 0.05) is 31.0 Å². The summed E-state index contributed by atoms with van der Waals surface area (Å²) in [6.45, 7) is 0.569. The molecule has 78 valence electrons. The first kappa shape index (κ1) is 9.64. The van der Waals surface area contributed by atoms with Gasteiger partial charge in [-0.15, -0.1) is 0 Å². The van der Waals surface area contributed by atoms with E-state index in [9.17, 15) is 14.9 Å². The van der Waals surface area contributed by atoms with Gasteiger partial charge in [0.2, 0.25) is 5.91 Å². The standard InChI is InChI=1S/C10H10N2O3/c13-10-5-8(6-11-10)7-2-1-3-9(4-7)12(14)15/h1-4,8H,5-6H2,(H,11,13). The van der Waals surface area contributed by atoms with Crippen molar-refractivity contribution in [3.8, 4) is 0 Å². The Morgan fingerprint density at radius 2 is 2.27 bits per heavy atom. The van der Waals surface area contributed by atoms with Crippen LogP contribution in [0.25, 0.3) is 0 Å². The van der Waals surface area contributed by atoms with Crippen molar-refractivity contribution in [2.45, 2.75) is 12.3 Å². The summed E-state index contributed by atoms with van der Waals surface area (Å²) in [7, 11) is 0. The molecule has 15 heavy (non-hydrogen) atoms. The Morgan fingerprint density at radius 3 is 2.87 bits per heavy atom. The van der Waals surface area contributed by atoms with Gasteiger partial charge in [0.15, 0.2) is 0 Å². The Labute approximate surface area is 86.2 Å². The molecule has 0 saturated carbocycles. The normalized spacial score (nSPS) is 20.0. The number of nitrogens with zero attached hydrogens (tertiary/aromatic N) is 1. The first-order valence-corrected chi connectivity index (χ1v) is 4.68. The SMILES string of the molecule is O=C1CC(c2cccc([N+](=O)[O-])c2)CN1. The summed E-state index contributed by atoms with van der Waals surface area (Å²) < 4.78 is 0. The number of amides is 1. The molecule has 0 aromatic heterocycles. The summed E-state index contributed by atoms with van der Waals surface area (Å²) in [5, 5.41) is 13.3. The lowest BCUT2D eigenvalue weighted by atomic mass is 9.98. The highest BCUT2D eigenvalue weighted by Gasteiger charge is 2.23. The van der Waals surface area contributed by atoms with E-state index in [0.29, 0.717) is 13.0 Å². The highest BCUT2D eigenvalue weighted by Crippen LogP contribution is 2.25. The third-order valence-electron chi connectivity index (χ3n) is 2.53. The van der Waals surface area contributed by atoms with E-state index in [2.05, 4.69) is 5.32 Å². The number of nitro benzene ring substituents is 1. The van der Waals surface area contributed by atoms with Crippen LogP contribution < -0.4 is 5.32 Å². The van der Waals surface area contributed by atoms with E-state index >= 15 is 0 Å². The molecule has 1 amide bonds. The highest BCUT2D eigenvalue weighted by molar-refractivity contribution is 5.79. The molecule has 0 aliphatic carbocycles. The second-order valence-electron chi connectivity index (χ2n) is 3.56. The van der Waals surface area contributed by atoms with Crippen LogP contribution >= 0.6 is 0 Å². The Balaban J connectivity index is 2.25. The fourth-order valence-electron chi connectivity index (χ4n) is 1.73. The van der Waals surface area contributed by atoms with Crippen molar-refractivity contribution in [1.82, 2.24) is 5.32 Å². The lowest BCUT2D eigenvalue weighted by Crippen LogP contribution is -2.13. The first-order chi connectivity index (χ1) is 7.16. The van der Waals surface area contributed by atoms with Crippen molar-refractivity contribution in [1.29, 1.82) is 0 Å². The molecule has 1 aliphatic heterocycles. The maximum Gasteiger partial charge on any atom is 0.269 e. The van der Waals surface area contributed by atoms with Crippen LogP contribution in [0, 0.1) is 10.1 Å². The van der Waals surface area contributed by atoms with Gasteiger partial charge in [-0.05, 0) is 5.56 Å². The van der Waals surface area contributed by atoms with Crippen molar-refractivity contribution < 1.29 is 9.72 Å². The Hall–Kier alpha value is -1.91. The molecule has 1 heterocycles. The van der Waals surface area contributed by atoms with Crippen molar-refractivity contribution in [3.63, 3.8) is 0 Å². The molecule has 1 aromatic rings. The van der Waals surface area contributed by atoms with Crippen LogP contribution in [0.1, 0.15) is 17.9 Å². The number of hydrogen-bond donors (Lipinski definition) is 1. The number of benzene rings is 1. The second kappa shape index (κ2) is 3.68. The maximum atomic E-state index is 11.0. The molecular formula is C10H10N2O3. The van der Waals surface area contributed by atoms with Gasteiger partial charge in [-0.3, -0.25) is 14.9 Å². The van der Waals surface area contributed by atoms with Crippen molar-refractivity contribution in [2.75, 3.05) is 6.54 Å². The molecule has 5 heteroatoms. The molecule has 1 aliphatic rings. The zero-order valence-electron chi connectivity index (χ0n) is 7.97. The number of carbonyl (C=O) groups excluding carboxylic acids is 1. The maximum absolute atomic E-state index is 11.0. The van der Waals surface area contributed by atoms with Crippen molar-refractivity contribution in [3.05, 3.63) is 39.9 Å². The zero-order chi connectivity index (χ0) is 10.8. The third-order valence-corrected chi connectivity index (χ3v) is 2.53. The van der Waals surface area contributed by atoms with Crippen LogP contribution in [0.3, 0.4) is 0 Å². The molecule has 1 N–H and O–H groups in total. The summed E-state index contributed by atoms with van der Waals surface area (Å²) in [5.41, 5.74) is 0.925. The third kappa shape index (κ3) is 1.96. The van der Waals surface area contributed by atoms with E-state index in [4.69, 9.17) is 0 Å². The average molecular weight is 206 g/mol. The molecule has 2 rings (SSSR count). The molecular weight excluding hydrogens is 196 g/mol. The van der Waals surface area contributed by atoms with Gasteiger partial charge in [-0.2, -0.15) is 0 Å². The van der Waals surface area contributed by atoms with Crippen LogP contribution in [-0.4, -0.2) is 17.4 Å². The van der Waals surface area contributed by atoms with Gasteiger partial charge in [-0.25, -0.2) is 0 Å². The Kier molecular flexibility index (Phi) is 2.37. The van der Waals surface area contributed by atoms with E-state index in [1.54, 1.807) is 6.07 Å². The minimum absolute atomic E-state index is 0.00602. The molecule has 1 fully saturated rings. The monoisotopic (exact) mass is 206 g/mol. The summed E-state index contributed by atoms with van der Waals surface area (Å²) in [6.07, 6.45) is 0.418. The van der Waals surface area contributed by atoms with Crippen LogP contribution in [0.15, 0.2) is 24.3 Å². The number of nitro groups is 1. The van der Waals surface area contributed by atoms with Gasteiger partial charge in [0.1, 0.15) is 0 Å². The molecule has 1 unspecified atom stereocenters. The number of hydrogen-bond acceptors (Lipinski definition) is 3. The van der Waals surface area contributed by atoms with Gasteiger partial charge in [-0.1, -0.05) is 12.1 Å². The van der Waals surface area contributed by atoms with Crippen LogP contribution in [0.2, 0.25) is 0 Å². The number of non-ortho nitro benzene ring substituents is 1. The van der Waals surface area contributed by atoms with Crippen LogP contribution in [-0.2, 0) is 4.79 Å². The van der Waals surface area contributed by atoms with Gasteiger partial charge in [0.25, 0.3) is 5.69 Å². The molecule has 1 aromatic carbocycles. The Morgan fingerprint density at radius 1 is 1.47 bits per heavy atom. The van der Waals surface area contributed by atoms with Crippen molar-refractivity contribution in [2.24, 2.45) is 0 Å². The highest BCUT2D eigenvalue weighted by atomic mass is 16.6. The van der Waals surface area contributed by atoms with Crippen LogP contribution in [0.5, 0.6) is 0 Å². The van der Waals surface area contributed by atoms with Gasteiger partial charge < -0.3 is 5.32 Å². The lowest BCUT2D eigenvalue weighted by molar-refractivity contribution is -0.384. The minimum atomic E-state index is -0.423. The predicted molar refractivity (Wildman–Crippen MR) is 53.5 cm³/mol. The van der Waals surface area contributed by atoms with E-state index in [0.717, 1.165) is 5.56 Å². The lowest BCUT2D eigenvalue weighted by Gasteiger charge is -2.06. The summed E-state index contributed by atoms with van der Waals surface area (Å²) >= 11 is 0. The fourth-order valence-corrected chi connectivity index (χ4v) is 1.73. The number of carbonyl (C=O) groups is 1. The van der Waals surface area contributed by atoms with Gasteiger partial charge >= 0.3 is 0 Å². The average Bonchev–Trinajstić information content (AvgIpc) is 2.65. The van der Waals surface area contributed by atoms with Crippen LogP contribution in [0.4, 0.5) is 5.69 Å². The first-order valence-electron chi connectivity index (χ1n) is 4.68. The smallest absolute Gasteiger partial charge is 0.269 e. The predicted octanol–water partition coefficient (Wildman–Crippen LogP) is 1.20. The minimum Gasteiger partial charge on any atom is -0.355 e. The topological polar surface area (TPSA) is 72.2 Å². The molecule has 5 nitrogen and oxygen atoms in total. The van der Waals surface area contributed by atoms with E-state index in [1.807, 2.05) is 6.07 Å². The molecule has 0 bridgehead atoms. The molecule has 0 radical (unpaired) electrons. The summed E-state index contributed by atoms with van der Waals surface area (Å²) in [6, 6.07) is 6.45. The fraction of sp³-hybridized carbons (Fsp3) is 0.300. The number of nitrogens with one attached hydrogen (secondary N) is 1. The summed E-state index contributed by atoms with van der Waals surface area (Å²) in [4.78, 5) is 21.1. The van der Waals surface area contributed by atoms with Gasteiger partial charge in [0.05, 0.1) is 4.92 Å². The van der Waals surface area contributed by atoms with E-state index < -0.39 is 4.92 Å².